The first kappa shape index (κ1) is 14.4. The highest BCUT2D eigenvalue weighted by atomic mass is 32.2. The summed E-state index contributed by atoms with van der Waals surface area (Å²) in [7, 11) is -3.21. The minimum Gasteiger partial charge on any atom is -0.480 e. The van der Waals surface area contributed by atoms with Gasteiger partial charge in [0.05, 0.1) is 5.25 Å². The largest absolute Gasteiger partial charge is 0.480 e. The minimum atomic E-state index is -3.21. The van der Waals surface area contributed by atoms with Gasteiger partial charge in [-0.05, 0) is 20.8 Å². The summed E-state index contributed by atoms with van der Waals surface area (Å²) in [6.07, 6.45) is 0. The molecule has 0 aromatic carbocycles. The van der Waals surface area contributed by atoms with Gasteiger partial charge in [0.2, 0.25) is 10.0 Å². The molecule has 1 heterocycles. The van der Waals surface area contributed by atoms with Crippen LogP contribution in [0.15, 0.2) is 0 Å². The van der Waals surface area contributed by atoms with Crippen LogP contribution in [0.25, 0.3) is 0 Å². The van der Waals surface area contributed by atoms with E-state index in [0.717, 1.165) is 0 Å². The summed E-state index contributed by atoms with van der Waals surface area (Å²) < 4.78 is 25.2. The van der Waals surface area contributed by atoms with E-state index in [1.807, 2.05) is 0 Å². The molecule has 0 saturated carbocycles. The van der Waals surface area contributed by atoms with Crippen molar-refractivity contribution in [3.63, 3.8) is 0 Å². The van der Waals surface area contributed by atoms with Crippen molar-refractivity contribution in [2.24, 2.45) is 0 Å². The van der Waals surface area contributed by atoms with Crippen LogP contribution >= 0.6 is 0 Å². The molecule has 1 rings (SSSR count). The number of hydrogen-bond acceptors (Lipinski definition) is 4. The maximum Gasteiger partial charge on any atom is 0.320 e. The first-order valence-electron chi connectivity index (χ1n) is 5.72. The van der Waals surface area contributed by atoms with Crippen LogP contribution in [0.4, 0.5) is 0 Å². The lowest BCUT2D eigenvalue weighted by Gasteiger charge is -2.36. The second kappa shape index (κ2) is 5.32. The summed E-state index contributed by atoms with van der Waals surface area (Å²) in [6, 6.07) is -0.557. The van der Waals surface area contributed by atoms with Crippen LogP contribution in [0, 0.1) is 0 Å². The van der Waals surface area contributed by atoms with Gasteiger partial charge in [0.25, 0.3) is 0 Å². The van der Waals surface area contributed by atoms with Gasteiger partial charge in [-0.15, -0.1) is 0 Å². The number of aliphatic carboxylic acids is 1. The number of hydrogen-bond donors (Lipinski definition) is 1. The molecule has 100 valence electrons. The summed E-state index contributed by atoms with van der Waals surface area (Å²) in [5.41, 5.74) is 0. The van der Waals surface area contributed by atoms with Crippen LogP contribution < -0.4 is 0 Å². The predicted octanol–water partition coefficient (Wildman–Crippen LogP) is -0.185. The van der Waals surface area contributed by atoms with Crippen molar-refractivity contribution in [3.05, 3.63) is 0 Å². The third-order valence-corrected chi connectivity index (χ3v) is 5.41. The fourth-order valence-corrected chi connectivity index (χ4v) is 3.07. The molecule has 1 aliphatic rings. The summed E-state index contributed by atoms with van der Waals surface area (Å²) >= 11 is 0. The lowest BCUT2D eigenvalue weighted by molar-refractivity contribution is -0.143. The van der Waals surface area contributed by atoms with Gasteiger partial charge in [0.1, 0.15) is 6.04 Å². The van der Waals surface area contributed by atoms with E-state index >= 15 is 0 Å². The molecule has 7 heteroatoms. The Morgan fingerprint density at radius 1 is 1.12 bits per heavy atom. The molecule has 1 aliphatic heterocycles. The van der Waals surface area contributed by atoms with Crippen molar-refractivity contribution in [1.29, 1.82) is 0 Å². The average Bonchev–Trinajstić information content (AvgIpc) is 2.27. The van der Waals surface area contributed by atoms with Crippen LogP contribution in [-0.4, -0.2) is 66.2 Å². The maximum atomic E-state index is 11.9. The van der Waals surface area contributed by atoms with Crippen molar-refractivity contribution >= 4 is 16.0 Å². The Morgan fingerprint density at radius 3 is 1.94 bits per heavy atom. The molecule has 17 heavy (non-hydrogen) atoms. The van der Waals surface area contributed by atoms with Crippen LogP contribution in [0.1, 0.15) is 20.8 Å². The van der Waals surface area contributed by atoms with Crippen molar-refractivity contribution in [2.45, 2.75) is 32.1 Å². The molecular formula is C10H20N2O4S. The monoisotopic (exact) mass is 264 g/mol. The molecule has 0 aromatic rings. The summed E-state index contributed by atoms with van der Waals surface area (Å²) in [4.78, 5) is 12.6. The first-order chi connectivity index (χ1) is 7.76. The molecule has 0 radical (unpaired) electrons. The molecule has 0 amide bonds. The number of carboxylic acid groups (broad SMARTS) is 1. The second-order valence-corrected chi connectivity index (χ2v) is 7.03. The van der Waals surface area contributed by atoms with Gasteiger partial charge in [-0.1, -0.05) is 0 Å². The topological polar surface area (TPSA) is 77.9 Å². The Morgan fingerprint density at radius 2 is 1.59 bits per heavy atom. The summed E-state index contributed by atoms with van der Waals surface area (Å²) in [6.45, 7) is 6.62. The first-order valence-corrected chi connectivity index (χ1v) is 7.23. The zero-order valence-corrected chi connectivity index (χ0v) is 11.3. The van der Waals surface area contributed by atoms with Gasteiger partial charge in [-0.3, -0.25) is 9.69 Å². The van der Waals surface area contributed by atoms with Crippen molar-refractivity contribution in [1.82, 2.24) is 9.21 Å². The van der Waals surface area contributed by atoms with Gasteiger partial charge in [-0.2, -0.15) is 4.31 Å². The summed E-state index contributed by atoms with van der Waals surface area (Å²) in [5.74, 6) is -0.870. The molecule has 1 fully saturated rings. The van der Waals surface area contributed by atoms with Gasteiger partial charge < -0.3 is 5.11 Å². The van der Waals surface area contributed by atoms with E-state index in [1.165, 1.54) is 4.31 Å². The molecule has 0 spiro atoms. The molecule has 0 aromatic heterocycles. The Hall–Kier alpha value is -0.660. The van der Waals surface area contributed by atoms with Gasteiger partial charge in [-0.25, -0.2) is 8.42 Å². The number of sulfonamides is 1. The van der Waals surface area contributed by atoms with Crippen LogP contribution in [0.3, 0.4) is 0 Å². The van der Waals surface area contributed by atoms with Crippen LogP contribution in [0.5, 0.6) is 0 Å². The lowest BCUT2D eigenvalue weighted by atomic mass is 10.2. The molecular weight excluding hydrogens is 244 g/mol. The fraction of sp³-hybridized carbons (Fsp3) is 0.900. The van der Waals surface area contributed by atoms with E-state index in [-0.39, 0.29) is 0 Å². The van der Waals surface area contributed by atoms with Crippen LogP contribution in [0.2, 0.25) is 0 Å². The molecule has 0 aliphatic carbocycles. The molecule has 0 bridgehead atoms. The number of carboxylic acids is 1. The predicted molar refractivity (Wildman–Crippen MR) is 64.3 cm³/mol. The van der Waals surface area contributed by atoms with E-state index in [2.05, 4.69) is 0 Å². The number of rotatable bonds is 4. The van der Waals surface area contributed by atoms with E-state index < -0.39 is 27.3 Å². The lowest BCUT2D eigenvalue weighted by Crippen LogP contribution is -2.54. The molecule has 1 unspecified atom stereocenters. The smallest absolute Gasteiger partial charge is 0.320 e. The van der Waals surface area contributed by atoms with Gasteiger partial charge >= 0.3 is 5.97 Å². The Bertz CT molecular complexity index is 372. The third kappa shape index (κ3) is 3.17. The maximum absolute atomic E-state index is 11.9. The highest BCUT2D eigenvalue weighted by molar-refractivity contribution is 7.89. The Kier molecular flexibility index (Phi) is 4.51. The molecule has 1 atom stereocenters. The van der Waals surface area contributed by atoms with E-state index in [9.17, 15) is 13.2 Å². The normalized spacial score (nSPS) is 21.6. The van der Waals surface area contributed by atoms with E-state index in [1.54, 1.807) is 25.7 Å². The zero-order chi connectivity index (χ0) is 13.2. The van der Waals surface area contributed by atoms with Crippen molar-refractivity contribution in [3.8, 4) is 0 Å². The van der Waals surface area contributed by atoms with E-state index in [4.69, 9.17) is 5.11 Å². The van der Waals surface area contributed by atoms with Gasteiger partial charge in [0.15, 0.2) is 0 Å². The highest BCUT2D eigenvalue weighted by Gasteiger charge is 2.32. The fourth-order valence-electron chi connectivity index (χ4n) is 1.80. The van der Waals surface area contributed by atoms with Crippen molar-refractivity contribution in [2.75, 3.05) is 26.2 Å². The van der Waals surface area contributed by atoms with Crippen LogP contribution in [-0.2, 0) is 14.8 Å². The second-order valence-electron chi connectivity index (χ2n) is 4.54. The van der Waals surface area contributed by atoms with E-state index in [0.29, 0.717) is 26.2 Å². The molecule has 1 N–H and O–H groups in total. The quantitative estimate of drug-likeness (QED) is 0.762. The molecule has 6 nitrogen and oxygen atoms in total. The minimum absolute atomic E-state index is 0.373. The number of piperazine rings is 1. The molecule has 1 saturated heterocycles. The SMILES string of the molecule is CC(C(=O)O)N1CCN(S(=O)(=O)C(C)C)CC1. The summed E-state index contributed by atoms with van der Waals surface area (Å²) in [5, 5.41) is 8.45. The van der Waals surface area contributed by atoms with Crippen molar-refractivity contribution < 1.29 is 18.3 Å². The number of nitrogens with zero attached hydrogens (tertiary/aromatic N) is 2. The zero-order valence-electron chi connectivity index (χ0n) is 10.5. The third-order valence-electron chi connectivity index (χ3n) is 3.13. The highest BCUT2D eigenvalue weighted by Crippen LogP contribution is 2.13. The van der Waals surface area contributed by atoms with Gasteiger partial charge in [0, 0.05) is 26.2 Å². The standard InChI is InChI=1S/C10H20N2O4S/c1-8(2)17(15,16)12-6-4-11(5-7-12)9(3)10(13)14/h8-9H,4-7H2,1-3H3,(H,13,14). The Balaban J connectivity index is 2.60. The Labute approximate surface area is 102 Å². The average molecular weight is 264 g/mol. The number of carbonyl (C=O) groups is 1.